The van der Waals surface area contributed by atoms with Crippen molar-refractivity contribution >= 4 is 23.4 Å². The third-order valence-corrected chi connectivity index (χ3v) is 3.35. The molecule has 0 aliphatic carbocycles. The summed E-state index contributed by atoms with van der Waals surface area (Å²) < 4.78 is 0. The van der Waals surface area contributed by atoms with Crippen LogP contribution in [0.1, 0.15) is 23.2 Å². The summed E-state index contributed by atoms with van der Waals surface area (Å²) in [6.07, 6.45) is 4.46. The van der Waals surface area contributed by atoms with Crippen LogP contribution in [0.25, 0.3) is 0 Å². The quantitative estimate of drug-likeness (QED) is 0.770. The summed E-state index contributed by atoms with van der Waals surface area (Å²) in [6.45, 7) is 0.915. The zero-order valence-corrected chi connectivity index (χ0v) is 12.2. The highest BCUT2D eigenvalue weighted by atomic mass is 32.2. The van der Waals surface area contributed by atoms with Crippen LogP contribution in [-0.2, 0) is 0 Å². The molecule has 0 atom stereocenters. The van der Waals surface area contributed by atoms with Gasteiger partial charge < -0.3 is 10.2 Å². The molecule has 0 radical (unpaired) electrons. The van der Waals surface area contributed by atoms with Crippen LogP contribution in [0.3, 0.4) is 0 Å². The smallest absolute Gasteiger partial charge is 0.255 e. The lowest BCUT2D eigenvalue weighted by atomic mass is 10.1. The normalized spacial score (nSPS) is 10.2. The molecule has 1 amide bonds. The lowest BCUT2D eigenvalue weighted by Crippen LogP contribution is -2.23. The van der Waals surface area contributed by atoms with Crippen LogP contribution < -0.4 is 5.32 Å². The van der Waals surface area contributed by atoms with Gasteiger partial charge in [-0.3, -0.25) is 4.79 Å². The summed E-state index contributed by atoms with van der Waals surface area (Å²) >= 11 is 1.87. The Balaban J connectivity index is 2.57. The van der Waals surface area contributed by atoms with Crippen molar-refractivity contribution in [2.24, 2.45) is 0 Å². The van der Waals surface area contributed by atoms with Crippen LogP contribution in [-0.4, -0.2) is 43.5 Å². The molecule has 1 aromatic carbocycles. The van der Waals surface area contributed by atoms with Crippen LogP contribution in [0.15, 0.2) is 24.3 Å². The summed E-state index contributed by atoms with van der Waals surface area (Å²) in [5.41, 5.74) is 1.67. The van der Waals surface area contributed by atoms with E-state index in [1.54, 1.807) is 19.0 Å². The Morgan fingerprint density at radius 2 is 2.00 bits per heavy atom. The number of nitrogens with one attached hydrogen (secondary N) is 1. The second kappa shape index (κ2) is 8.03. The van der Waals surface area contributed by atoms with Gasteiger partial charge in [0.1, 0.15) is 0 Å². The number of hydrogen-bond donors (Lipinski definition) is 1. The first-order chi connectivity index (χ1) is 8.66. The molecule has 0 spiro atoms. The summed E-state index contributed by atoms with van der Waals surface area (Å²) in [7, 11) is 3.55. The number of hydrogen-bond acceptors (Lipinski definition) is 3. The standard InChI is InChI=1S/C14H22N2OS/c1-16(2)14(17)12-8-4-5-9-13(12)15-10-6-7-11-18-3/h4-5,8-9,15H,6-7,10-11H2,1-3H3. The van der Waals surface area contributed by atoms with Crippen molar-refractivity contribution < 1.29 is 4.79 Å². The van der Waals surface area contributed by atoms with Crippen LogP contribution in [0.2, 0.25) is 0 Å². The van der Waals surface area contributed by atoms with E-state index in [2.05, 4.69) is 11.6 Å². The average Bonchev–Trinajstić information content (AvgIpc) is 2.38. The van der Waals surface area contributed by atoms with Gasteiger partial charge in [-0.15, -0.1) is 0 Å². The van der Waals surface area contributed by atoms with E-state index in [-0.39, 0.29) is 5.91 Å². The number of para-hydroxylation sites is 1. The first-order valence-electron chi connectivity index (χ1n) is 6.20. The van der Waals surface area contributed by atoms with Gasteiger partial charge in [0.2, 0.25) is 0 Å². The van der Waals surface area contributed by atoms with Gasteiger partial charge in [0, 0.05) is 26.3 Å². The molecule has 0 saturated carbocycles. The third kappa shape index (κ3) is 4.61. The number of carbonyl (C=O) groups excluding carboxylic acids is 1. The van der Waals surface area contributed by atoms with Gasteiger partial charge in [0.05, 0.1) is 5.56 Å². The Labute approximate surface area is 114 Å². The highest BCUT2D eigenvalue weighted by Gasteiger charge is 2.11. The molecule has 4 heteroatoms. The lowest BCUT2D eigenvalue weighted by Gasteiger charge is -2.15. The van der Waals surface area contributed by atoms with Crippen molar-refractivity contribution in [1.82, 2.24) is 4.90 Å². The molecule has 0 fully saturated rings. The summed E-state index contributed by atoms with van der Waals surface area (Å²) in [6, 6.07) is 7.68. The van der Waals surface area contributed by atoms with Crippen molar-refractivity contribution in [1.29, 1.82) is 0 Å². The zero-order valence-electron chi connectivity index (χ0n) is 11.4. The molecule has 0 saturated heterocycles. The fourth-order valence-corrected chi connectivity index (χ4v) is 2.15. The molecule has 0 bridgehead atoms. The number of rotatable bonds is 7. The third-order valence-electron chi connectivity index (χ3n) is 2.65. The number of anilines is 1. The van der Waals surface area contributed by atoms with Gasteiger partial charge >= 0.3 is 0 Å². The van der Waals surface area contributed by atoms with Crippen LogP contribution in [0.4, 0.5) is 5.69 Å². The predicted octanol–water partition coefficient (Wildman–Crippen LogP) is 2.94. The fourth-order valence-electron chi connectivity index (χ4n) is 1.66. The molecule has 1 aromatic rings. The maximum absolute atomic E-state index is 12.0. The van der Waals surface area contributed by atoms with Crippen molar-refractivity contribution in [2.45, 2.75) is 12.8 Å². The van der Waals surface area contributed by atoms with Gasteiger partial charge in [0.25, 0.3) is 5.91 Å². The summed E-state index contributed by atoms with van der Waals surface area (Å²) in [5.74, 6) is 1.24. The predicted molar refractivity (Wildman–Crippen MR) is 80.6 cm³/mol. The van der Waals surface area contributed by atoms with Gasteiger partial charge in [-0.05, 0) is 37.0 Å². The van der Waals surface area contributed by atoms with Crippen molar-refractivity contribution in [3.8, 4) is 0 Å². The van der Waals surface area contributed by atoms with E-state index in [4.69, 9.17) is 0 Å². The fraction of sp³-hybridized carbons (Fsp3) is 0.500. The zero-order chi connectivity index (χ0) is 13.4. The number of amides is 1. The molecular weight excluding hydrogens is 244 g/mol. The summed E-state index contributed by atoms with van der Waals surface area (Å²) in [5, 5.41) is 3.35. The topological polar surface area (TPSA) is 32.3 Å². The van der Waals surface area contributed by atoms with E-state index >= 15 is 0 Å². The van der Waals surface area contributed by atoms with Gasteiger partial charge in [-0.25, -0.2) is 0 Å². The molecule has 18 heavy (non-hydrogen) atoms. The molecule has 0 heterocycles. The first kappa shape index (κ1) is 14.9. The number of benzene rings is 1. The summed E-state index contributed by atoms with van der Waals surface area (Å²) in [4.78, 5) is 13.6. The second-order valence-electron chi connectivity index (χ2n) is 4.37. The van der Waals surface area contributed by atoms with Crippen LogP contribution in [0.5, 0.6) is 0 Å². The van der Waals surface area contributed by atoms with Crippen molar-refractivity contribution in [3.05, 3.63) is 29.8 Å². The van der Waals surface area contributed by atoms with E-state index in [0.717, 1.165) is 24.2 Å². The monoisotopic (exact) mass is 266 g/mol. The Morgan fingerprint density at radius 1 is 1.28 bits per heavy atom. The Bertz CT molecular complexity index is 380. The SMILES string of the molecule is CSCCCCNc1ccccc1C(=O)N(C)C. The maximum atomic E-state index is 12.0. The number of nitrogens with zero attached hydrogens (tertiary/aromatic N) is 1. The molecule has 0 aromatic heterocycles. The number of unbranched alkanes of at least 4 members (excludes halogenated alkanes) is 1. The molecule has 1 rings (SSSR count). The van der Waals surface area contributed by atoms with Gasteiger partial charge in [-0.1, -0.05) is 12.1 Å². The van der Waals surface area contributed by atoms with Crippen LogP contribution in [0, 0.1) is 0 Å². The average molecular weight is 266 g/mol. The van der Waals surface area contributed by atoms with Crippen molar-refractivity contribution in [2.75, 3.05) is 38.0 Å². The number of carbonyl (C=O) groups is 1. The lowest BCUT2D eigenvalue weighted by molar-refractivity contribution is 0.0828. The molecule has 100 valence electrons. The van der Waals surface area contributed by atoms with E-state index in [9.17, 15) is 4.79 Å². The van der Waals surface area contributed by atoms with Crippen LogP contribution >= 0.6 is 11.8 Å². The highest BCUT2D eigenvalue weighted by molar-refractivity contribution is 7.98. The van der Waals surface area contributed by atoms with Crippen molar-refractivity contribution in [3.63, 3.8) is 0 Å². The Hall–Kier alpha value is -1.16. The molecule has 0 unspecified atom stereocenters. The van der Waals surface area contributed by atoms with Gasteiger partial charge in [-0.2, -0.15) is 11.8 Å². The Kier molecular flexibility index (Phi) is 6.65. The van der Waals surface area contributed by atoms with E-state index < -0.39 is 0 Å². The van der Waals surface area contributed by atoms with E-state index in [1.165, 1.54) is 12.2 Å². The van der Waals surface area contributed by atoms with Gasteiger partial charge in [0.15, 0.2) is 0 Å². The highest BCUT2D eigenvalue weighted by Crippen LogP contribution is 2.16. The van der Waals surface area contributed by atoms with E-state index in [1.807, 2.05) is 36.0 Å². The molecule has 3 nitrogen and oxygen atoms in total. The molecule has 0 aliphatic heterocycles. The minimum absolute atomic E-state index is 0.0437. The molecule has 0 aliphatic rings. The first-order valence-corrected chi connectivity index (χ1v) is 7.59. The maximum Gasteiger partial charge on any atom is 0.255 e. The minimum Gasteiger partial charge on any atom is -0.384 e. The second-order valence-corrected chi connectivity index (χ2v) is 5.36. The minimum atomic E-state index is 0.0437. The Morgan fingerprint density at radius 3 is 2.67 bits per heavy atom. The number of thioether (sulfide) groups is 1. The largest absolute Gasteiger partial charge is 0.384 e. The van der Waals surface area contributed by atoms with E-state index in [0.29, 0.717) is 0 Å². The molecule has 1 N–H and O–H groups in total. The molecular formula is C14H22N2OS.